The second-order valence-electron chi connectivity index (χ2n) is 5.90. The van der Waals surface area contributed by atoms with Crippen molar-refractivity contribution in [2.75, 3.05) is 7.11 Å². The topological polar surface area (TPSA) is 29.5 Å². The van der Waals surface area contributed by atoms with Crippen LogP contribution in [0.4, 0.5) is 0 Å². The third kappa shape index (κ3) is 2.49. The van der Waals surface area contributed by atoms with Gasteiger partial charge in [0.15, 0.2) is 0 Å². The van der Waals surface area contributed by atoms with E-state index >= 15 is 0 Å². The number of aliphatic hydroxyl groups excluding tert-OH is 1. The smallest absolute Gasteiger partial charge is 0.119 e. The molecule has 0 radical (unpaired) electrons. The van der Waals surface area contributed by atoms with Crippen molar-refractivity contribution in [1.82, 2.24) is 0 Å². The average Bonchev–Trinajstić information content (AvgIpc) is 2.52. The van der Waals surface area contributed by atoms with Crippen molar-refractivity contribution < 1.29 is 9.84 Å². The molecule has 0 aromatic heterocycles. The highest BCUT2D eigenvalue weighted by Gasteiger charge is 2.30. The molecule has 0 fully saturated rings. The fourth-order valence-corrected chi connectivity index (χ4v) is 3.38. The number of methoxy groups -OCH3 is 1. The van der Waals surface area contributed by atoms with E-state index in [9.17, 15) is 5.11 Å². The first-order valence-electron chi connectivity index (χ1n) is 7.51. The summed E-state index contributed by atoms with van der Waals surface area (Å²) in [5.41, 5.74) is 6.04. The van der Waals surface area contributed by atoms with Crippen LogP contribution in [0, 0.1) is 19.3 Å². The van der Waals surface area contributed by atoms with E-state index in [1.807, 2.05) is 6.07 Å². The monoisotopic (exact) mass is 292 g/mol. The van der Waals surface area contributed by atoms with Crippen molar-refractivity contribution in [2.45, 2.75) is 31.8 Å². The molecule has 0 saturated carbocycles. The van der Waals surface area contributed by atoms with Gasteiger partial charge in [0.05, 0.1) is 13.2 Å². The van der Waals surface area contributed by atoms with Crippen molar-refractivity contribution in [3.8, 4) is 18.1 Å². The molecule has 2 heteroatoms. The van der Waals surface area contributed by atoms with E-state index < -0.39 is 6.10 Å². The van der Waals surface area contributed by atoms with E-state index in [1.54, 1.807) is 7.11 Å². The van der Waals surface area contributed by atoms with Crippen molar-refractivity contribution in [3.63, 3.8) is 0 Å². The predicted octanol–water partition coefficient (Wildman–Crippen LogP) is 3.42. The molecular weight excluding hydrogens is 272 g/mol. The number of hydrogen-bond acceptors (Lipinski definition) is 2. The first-order chi connectivity index (χ1) is 10.6. The lowest BCUT2D eigenvalue weighted by atomic mass is 9.74. The zero-order chi connectivity index (χ0) is 15.7. The Balaban J connectivity index is 2.15. The number of aryl methyl sites for hydroxylation is 1. The minimum absolute atomic E-state index is 0.0682. The van der Waals surface area contributed by atoms with Crippen molar-refractivity contribution in [3.05, 3.63) is 64.2 Å². The molecule has 2 nitrogen and oxygen atoms in total. The number of hydrogen-bond donors (Lipinski definition) is 1. The molecule has 22 heavy (non-hydrogen) atoms. The van der Waals surface area contributed by atoms with Crippen LogP contribution in [0.15, 0.2) is 36.4 Å². The van der Waals surface area contributed by atoms with Crippen LogP contribution in [0.25, 0.3) is 0 Å². The highest BCUT2D eigenvalue weighted by molar-refractivity contribution is 5.53. The van der Waals surface area contributed by atoms with Crippen LogP contribution in [0.5, 0.6) is 5.75 Å². The first kappa shape index (κ1) is 14.7. The molecule has 0 amide bonds. The molecule has 0 spiro atoms. The lowest BCUT2D eigenvalue weighted by Crippen LogP contribution is -2.25. The van der Waals surface area contributed by atoms with E-state index in [1.165, 1.54) is 22.3 Å². The largest absolute Gasteiger partial charge is 0.497 e. The van der Waals surface area contributed by atoms with Gasteiger partial charge in [0.1, 0.15) is 5.75 Å². The Morgan fingerprint density at radius 2 is 1.91 bits per heavy atom. The summed E-state index contributed by atoms with van der Waals surface area (Å²) in [5, 5.41) is 10.6. The number of benzene rings is 2. The molecule has 1 aliphatic carbocycles. The molecule has 2 atom stereocenters. The molecule has 2 aromatic carbocycles. The lowest BCUT2D eigenvalue weighted by Gasteiger charge is -2.32. The van der Waals surface area contributed by atoms with E-state index in [2.05, 4.69) is 43.2 Å². The zero-order valence-electron chi connectivity index (χ0n) is 13.0. The molecule has 112 valence electrons. The lowest BCUT2D eigenvalue weighted by molar-refractivity contribution is 0.160. The van der Waals surface area contributed by atoms with E-state index in [0.29, 0.717) is 6.42 Å². The molecule has 1 aliphatic rings. The van der Waals surface area contributed by atoms with Gasteiger partial charge < -0.3 is 9.84 Å². The van der Waals surface area contributed by atoms with Gasteiger partial charge in [-0.25, -0.2) is 0 Å². The van der Waals surface area contributed by atoms with Crippen LogP contribution < -0.4 is 4.74 Å². The summed E-state index contributed by atoms with van der Waals surface area (Å²) in [6.07, 6.45) is 6.06. The van der Waals surface area contributed by atoms with E-state index in [-0.39, 0.29) is 5.92 Å². The molecular formula is C20H20O2. The van der Waals surface area contributed by atoms with Gasteiger partial charge in [0, 0.05) is 12.3 Å². The summed E-state index contributed by atoms with van der Waals surface area (Å²) < 4.78 is 5.34. The quantitative estimate of drug-likeness (QED) is 0.878. The molecule has 3 rings (SSSR count). The fraction of sp³-hybridized carbons (Fsp3) is 0.300. The number of ether oxygens (including phenoxy) is 1. The van der Waals surface area contributed by atoms with Gasteiger partial charge in [-0.05, 0) is 47.7 Å². The average molecular weight is 292 g/mol. The van der Waals surface area contributed by atoms with Crippen LogP contribution >= 0.6 is 0 Å². The molecule has 2 aromatic rings. The van der Waals surface area contributed by atoms with Gasteiger partial charge in [-0.2, -0.15) is 0 Å². The third-order valence-corrected chi connectivity index (χ3v) is 4.41. The van der Waals surface area contributed by atoms with Crippen molar-refractivity contribution in [2.24, 2.45) is 0 Å². The van der Waals surface area contributed by atoms with Gasteiger partial charge in [-0.1, -0.05) is 29.8 Å². The number of rotatable bonds is 3. The van der Waals surface area contributed by atoms with Gasteiger partial charge in [-0.3, -0.25) is 0 Å². The number of terminal acetylenes is 1. The maximum absolute atomic E-state index is 10.6. The zero-order valence-corrected chi connectivity index (χ0v) is 13.0. The second kappa shape index (κ2) is 5.87. The molecule has 0 bridgehead atoms. The van der Waals surface area contributed by atoms with Crippen LogP contribution in [0.3, 0.4) is 0 Å². The summed E-state index contributed by atoms with van der Waals surface area (Å²) in [6, 6.07) is 12.5. The third-order valence-electron chi connectivity index (χ3n) is 4.41. The maximum atomic E-state index is 10.6. The molecule has 0 saturated heterocycles. The van der Waals surface area contributed by atoms with Gasteiger partial charge in [0.25, 0.3) is 0 Å². The van der Waals surface area contributed by atoms with Crippen LogP contribution in [0.1, 0.15) is 40.2 Å². The predicted molar refractivity (Wildman–Crippen MR) is 88.3 cm³/mol. The highest BCUT2D eigenvalue weighted by Crippen LogP contribution is 2.40. The summed E-state index contributed by atoms with van der Waals surface area (Å²) in [6.45, 7) is 2.09. The first-order valence-corrected chi connectivity index (χ1v) is 7.51. The minimum atomic E-state index is -0.570. The van der Waals surface area contributed by atoms with Crippen LogP contribution in [-0.4, -0.2) is 18.3 Å². The molecule has 0 aliphatic heterocycles. The summed E-state index contributed by atoms with van der Waals surface area (Å²) in [5.74, 6) is 3.36. The Morgan fingerprint density at radius 1 is 1.23 bits per heavy atom. The highest BCUT2D eigenvalue weighted by atomic mass is 16.5. The van der Waals surface area contributed by atoms with Gasteiger partial charge >= 0.3 is 0 Å². The second-order valence-corrected chi connectivity index (χ2v) is 5.90. The minimum Gasteiger partial charge on any atom is -0.497 e. The summed E-state index contributed by atoms with van der Waals surface area (Å²) in [4.78, 5) is 0. The van der Waals surface area contributed by atoms with E-state index in [0.717, 1.165) is 17.7 Å². The number of aliphatic hydroxyl groups is 1. The number of fused-ring (bicyclic) bond motifs is 2. The Bertz CT molecular complexity index is 740. The van der Waals surface area contributed by atoms with Crippen LogP contribution in [-0.2, 0) is 6.42 Å². The van der Waals surface area contributed by atoms with Crippen LogP contribution in [0.2, 0.25) is 0 Å². The fourth-order valence-electron chi connectivity index (χ4n) is 3.38. The van der Waals surface area contributed by atoms with Crippen molar-refractivity contribution >= 4 is 0 Å². The molecule has 1 N–H and O–H groups in total. The van der Waals surface area contributed by atoms with Crippen molar-refractivity contribution in [1.29, 1.82) is 0 Å². The Hall–Kier alpha value is -2.24. The molecule has 0 heterocycles. The van der Waals surface area contributed by atoms with E-state index in [4.69, 9.17) is 11.2 Å². The standard InChI is InChI=1S/C20H20O2/c1-4-5-19(21)20-17-8-6-13(2)10-14(17)11-15-12-16(22-3)7-9-18(15)20/h1,6-10,12,19-21H,5,11H2,2-3H3. The normalized spacial score (nSPS) is 17.1. The Morgan fingerprint density at radius 3 is 2.59 bits per heavy atom. The Labute approximate surface area is 131 Å². The van der Waals surface area contributed by atoms with Gasteiger partial charge in [0.2, 0.25) is 0 Å². The van der Waals surface area contributed by atoms with Gasteiger partial charge in [-0.15, -0.1) is 12.3 Å². The molecule has 2 unspecified atom stereocenters. The summed E-state index contributed by atoms with van der Waals surface area (Å²) in [7, 11) is 1.67. The SMILES string of the molecule is C#CCC(O)C1c2ccc(C)cc2Cc2cc(OC)ccc21. The maximum Gasteiger partial charge on any atom is 0.119 e. The Kier molecular flexibility index (Phi) is 3.92. The summed E-state index contributed by atoms with van der Waals surface area (Å²) >= 11 is 0.